The van der Waals surface area contributed by atoms with Crippen LogP contribution in [-0.4, -0.2) is 60.8 Å². The summed E-state index contributed by atoms with van der Waals surface area (Å²) in [4.78, 5) is 28.6. The van der Waals surface area contributed by atoms with Gasteiger partial charge in [-0.1, -0.05) is 18.2 Å². The van der Waals surface area contributed by atoms with Crippen molar-refractivity contribution in [2.75, 3.05) is 31.8 Å². The fourth-order valence-electron chi connectivity index (χ4n) is 4.17. The molecule has 1 saturated heterocycles. The van der Waals surface area contributed by atoms with Crippen molar-refractivity contribution in [1.29, 1.82) is 0 Å². The average molecular weight is 330 g/mol. The number of amides is 2. The molecule has 3 aliphatic rings. The molecule has 1 N–H and O–H groups in total. The van der Waals surface area contributed by atoms with Crippen LogP contribution in [0.2, 0.25) is 0 Å². The first-order valence-corrected chi connectivity index (χ1v) is 8.48. The lowest BCUT2D eigenvalue weighted by Crippen LogP contribution is -2.71. The van der Waals surface area contributed by atoms with Gasteiger partial charge in [-0.25, -0.2) is 0 Å². The summed E-state index contributed by atoms with van der Waals surface area (Å²) in [5, 5.41) is 9.84. The number of para-hydroxylation sites is 1. The van der Waals surface area contributed by atoms with Gasteiger partial charge in [0.15, 0.2) is 0 Å². The third-order valence-electron chi connectivity index (χ3n) is 5.44. The van der Waals surface area contributed by atoms with Crippen molar-refractivity contribution in [3.8, 4) is 0 Å². The van der Waals surface area contributed by atoms with Gasteiger partial charge < -0.3 is 19.6 Å². The van der Waals surface area contributed by atoms with Crippen LogP contribution in [0.15, 0.2) is 24.3 Å². The Morgan fingerprint density at radius 3 is 2.71 bits per heavy atom. The Morgan fingerprint density at radius 1 is 1.29 bits per heavy atom. The summed E-state index contributed by atoms with van der Waals surface area (Å²) in [6, 6.07) is 7.56. The number of methoxy groups -OCH3 is 1. The molecule has 0 radical (unpaired) electrons. The summed E-state index contributed by atoms with van der Waals surface area (Å²) in [6.07, 6.45) is 1.88. The van der Waals surface area contributed by atoms with Gasteiger partial charge in [0.05, 0.1) is 18.7 Å². The molecule has 2 aliphatic heterocycles. The maximum absolute atomic E-state index is 12.6. The van der Waals surface area contributed by atoms with E-state index in [1.165, 1.54) is 7.11 Å². The predicted molar refractivity (Wildman–Crippen MR) is 87.6 cm³/mol. The molecular formula is C18H22N2O4. The Hall–Kier alpha value is -1.92. The minimum absolute atomic E-state index is 0.0196. The van der Waals surface area contributed by atoms with E-state index in [0.29, 0.717) is 6.54 Å². The van der Waals surface area contributed by atoms with E-state index in [-0.39, 0.29) is 48.9 Å². The summed E-state index contributed by atoms with van der Waals surface area (Å²) in [5.74, 6) is 0.240. The molecule has 24 heavy (non-hydrogen) atoms. The highest BCUT2D eigenvalue weighted by molar-refractivity contribution is 5.96. The van der Waals surface area contributed by atoms with Crippen LogP contribution < -0.4 is 4.90 Å². The number of hydrogen-bond acceptors (Lipinski definition) is 4. The van der Waals surface area contributed by atoms with Crippen LogP contribution in [0.5, 0.6) is 0 Å². The van der Waals surface area contributed by atoms with Crippen molar-refractivity contribution in [2.45, 2.75) is 30.8 Å². The van der Waals surface area contributed by atoms with Gasteiger partial charge in [-0.3, -0.25) is 9.59 Å². The molecule has 6 heteroatoms. The van der Waals surface area contributed by atoms with E-state index >= 15 is 0 Å². The molecule has 4 rings (SSSR count). The van der Waals surface area contributed by atoms with Crippen molar-refractivity contribution in [3.05, 3.63) is 29.8 Å². The van der Waals surface area contributed by atoms with E-state index < -0.39 is 0 Å². The Balaban J connectivity index is 1.69. The lowest BCUT2D eigenvalue weighted by molar-refractivity contribution is -0.152. The smallest absolute Gasteiger partial charge is 0.253 e. The zero-order valence-electron chi connectivity index (χ0n) is 13.7. The van der Waals surface area contributed by atoms with E-state index in [1.807, 2.05) is 29.2 Å². The highest BCUT2D eigenvalue weighted by Crippen LogP contribution is 2.50. The van der Waals surface area contributed by atoms with Crippen molar-refractivity contribution in [3.63, 3.8) is 0 Å². The maximum atomic E-state index is 12.6. The van der Waals surface area contributed by atoms with Crippen molar-refractivity contribution in [1.82, 2.24) is 4.90 Å². The van der Waals surface area contributed by atoms with Crippen LogP contribution in [0.3, 0.4) is 0 Å². The first-order chi connectivity index (χ1) is 11.7. The number of benzene rings is 1. The molecule has 1 aromatic rings. The molecular weight excluding hydrogens is 308 g/mol. The summed E-state index contributed by atoms with van der Waals surface area (Å²) in [6.45, 7) is 0.449. The number of likely N-dealkylation sites (tertiary alicyclic amines) is 1. The summed E-state index contributed by atoms with van der Waals surface area (Å²) >= 11 is 0. The topological polar surface area (TPSA) is 70.1 Å². The second kappa shape index (κ2) is 5.86. The van der Waals surface area contributed by atoms with Gasteiger partial charge in [-0.2, -0.15) is 0 Å². The number of carbonyl (C=O) groups excluding carboxylic acids is 2. The molecule has 2 amide bonds. The van der Waals surface area contributed by atoms with E-state index in [1.54, 1.807) is 4.90 Å². The highest BCUT2D eigenvalue weighted by atomic mass is 16.5. The van der Waals surface area contributed by atoms with E-state index in [0.717, 1.165) is 24.1 Å². The quantitative estimate of drug-likeness (QED) is 0.884. The van der Waals surface area contributed by atoms with Crippen LogP contribution in [0.4, 0.5) is 5.69 Å². The third-order valence-corrected chi connectivity index (χ3v) is 5.44. The lowest BCUT2D eigenvalue weighted by Gasteiger charge is -2.59. The second-order valence-corrected chi connectivity index (χ2v) is 6.86. The number of aliphatic hydroxyl groups excluding tert-OH is 1. The van der Waals surface area contributed by atoms with Crippen LogP contribution in [-0.2, 0) is 14.3 Å². The number of hydrogen-bond donors (Lipinski definition) is 1. The van der Waals surface area contributed by atoms with Gasteiger partial charge in [0, 0.05) is 31.2 Å². The van der Waals surface area contributed by atoms with E-state index in [9.17, 15) is 14.7 Å². The molecule has 6 nitrogen and oxygen atoms in total. The number of rotatable bonds is 4. The van der Waals surface area contributed by atoms with Crippen molar-refractivity contribution in [2.24, 2.45) is 5.92 Å². The molecule has 2 heterocycles. The number of nitrogens with zero attached hydrogens (tertiary/aromatic N) is 2. The molecule has 1 aliphatic carbocycles. The Morgan fingerprint density at radius 2 is 2.04 bits per heavy atom. The predicted octanol–water partition coefficient (Wildman–Crippen LogP) is 0.745. The van der Waals surface area contributed by atoms with Gasteiger partial charge in [-0.05, 0) is 24.5 Å². The van der Waals surface area contributed by atoms with Gasteiger partial charge in [-0.15, -0.1) is 0 Å². The Labute approximate surface area is 141 Å². The summed E-state index contributed by atoms with van der Waals surface area (Å²) in [5.41, 5.74) is 1.91. The van der Waals surface area contributed by atoms with Crippen LogP contribution in [0.25, 0.3) is 0 Å². The fourth-order valence-corrected chi connectivity index (χ4v) is 4.17. The van der Waals surface area contributed by atoms with Crippen LogP contribution >= 0.6 is 0 Å². The number of aliphatic hydroxyl groups is 1. The number of fused-ring (bicyclic) bond motifs is 3. The molecule has 0 unspecified atom stereocenters. The fraction of sp³-hybridized carbons (Fsp3) is 0.556. The van der Waals surface area contributed by atoms with Crippen molar-refractivity contribution < 1.29 is 19.4 Å². The summed E-state index contributed by atoms with van der Waals surface area (Å²) in [7, 11) is 1.50. The normalized spacial score (nSPS) is 28.0. The zero-order valence-corrected chi connectivity index (χ0v) is 13.7. The van der Waals surface area contributed by atoms with E-state index in [2.05, 4.69) is 0 Å². The van der Waals surface area contributed by atoms with Gasteiger partial charge >= 0.3 is 0 Å². The van der Waals surface area contributed by atoms with Crippen LogP contribution in [0, 0.1) is 5.92 Å². The Bertz CT molecular complexity index is 673. The lowest BCUT2D eigenvalue weighted by atomic mass is 9.71. The first-order valence-electron chi connectivity index (χ1n) is 8.48. The minimum atomic E-state index is -0.177. The minimum Gasteiger partial charge on any atom is -0.394 e. The van der Waals surface area contributed by atoms with E-state index in [4.69, 9.17) is 4.74 Å². The third kappa shape index (κ3) is 2.24. The van der Waals surface area contributed by atoms with Gasteiger partial charge in [0.1, 0.15) is 6.61 Å². The molecule has 3 atom stereocenters. The molecule has 128 valence electrons. The maximum Gasteiger partial charge on any atom is 0.253 e. The summed E-state index contributed by atoms with van der Waals surface area (Å²) < 4.78 is 5.01. The number of ether oxygens (including phenoxy) is 1. The average Bonchev–Trinajstić information content (AvgIpc) is 3.40. The molecule has 1 aromatic carbocycles. The molecule has 0 aromatic heterocycles. The second-order valence-electron chi connectivity index (χ2n) is 6.86. The Kier molecular flexibility index (Phi) is 3.81. The zero-order chi connectivity index (χ0) is 16.8. The van der Waals surface area contributed by atoms with Gasteiger partial charge in [0.2, 0.25) is 5.91 Å². The number of anilines is 1. The largest absolute Gasteiger partial charge is 0.394 e. The monoisotopic (exact) mass is 330 g/mol. The standard InChI is InChI=1S/C18H22N2O4/c1-24-10-16(22)19-8-14-17(12-4-2-3-5-13(12)19)15(9-21)20(14)18(23)11-6-7-11/h2-5,11,14-15,17,21H,6-10H2,1H3/t14-,15-,17+/m0/s1. The molecule has 2 fully saturated rings. The molecule has 0 spiro atoms. The highest BCUT2D eigenvalue weighted by Gasteiger charge is 2.56. The molecule has 0 bridgehead atoms. The van der Waals surface area contributed by atoms with Gasteiger partial charge in [0.25, 0.3) is 5.91 Å². The van der Waals surface area contributed by atoms with Crippen molar-refractivity contribution >= 4 is 17.5 Å². The SMILES string of the molecule is COCC(=O)N1C[C@H]2[C@@H](c3ccccc31)[C@H](CO)N2C(=O)C1CC1. The first kappa shape index (κ1) is 15.6. The van der Waals surface area contributed by atoms with Crippen LogP contribution in [0.1, 0.15) is 24.3 Å². The molecule has 1 saturated carbocycles. The number of carbonyl (C=O) groups is 2.